The second kappa shape index (κ2) is 4.17. The number of rotatable bonds is 1. The Balaban J connectivity index is 2.21. The summed E-state index contributed by atoms with van der Waals surface area (Å²) in [6.07, 6.45) is 1.75. The van der Waals surface area contributed by atoms with Gasteiger partial charge in [0.25, 0.3) is 5.91 Å². The summed E-state index contributed by atoms with van der Waals surface area (Å²) < 4.78 is 7.07. The van der Waals surface area contributed by atoms with Crippen molar-refractivity contribution in [3.8, 4) is 0 Å². The lowest BCUT2D eigenvalue weighted by molar-refractivity contribution is 0.00308. The predicted molar refractivity (Wildman–Crippen MR) is 61.1 cm³/mol. The van der Waals surface area contributed by atoms with Gasteiger partial charge in [0.2, 0.25) is 0 Å². The number of hydrogen-bond donors (Lipinski definition) is 1. The number of nitrogens with zero attached hydrogens (tertiary/aromatic N) is 2. The van der Waals surface area contributed by atoms with Gasteiger partial charge in [-0.25, -0.2) is 0 Å². The van der Waals surface area contributed by atoms with Crippen molar-refractivity contribution in [1.82, 2.24) is 9.47 Å². The van der Waals surface area contributed by atoms with Crippen LogP contribution in [0, 0.1) is 0 Å². The van der Waals surface area contributed by atoms with Crippen LogP contribution in [-0.4, -0.2) is 41.2 Å². The molecule has 1 aliphatic rings. The molecule has 0 aromatic carbocycles. The fourth-order valence-electron chi connectivity index (χ4n) is 1.98. The molecule has 0 saturated carbocycles. The molecule has 0 aliphatic carbocycles. The standard InChI is InChI=1S/C11H17N3O2/c1-8-7-16-4-3-14(8)11(15)10-5-9(12)6-13(10)2/h5-6,8H,3-4,7,12H2,1-2H3/t8-/m1/s1. The highest BCUT2D eigenvalue weighted by Gasteiger charge is 2.26. The second-order valence-electron chi connectivity index (χ2n) is 4.19. The second-order valence-corrected chi connectivity index (χ2v) is 4.19. The molecule has 0 spiro atoms. The molecule has 16 heavy (non-hydrogen) atoms. The van der Waals surface area contributed by atoms with Crippen LogP contribution in [0.1, 0.15) is 17.4 Å². The smallest absolute Gasteiger partial charge is 0.270 e. The van der Waals surface area contributed by atoms with E-state index >= 15 is 0 Å². The van der Waals surface area contributed by atoms with Crippen LogP contribution in [0.4, 0.5) is 5.69 Å². The molecule has 2 N–H and O–H groups in total. The Kier molecular flexibility index (Phi) is 2.87. The highest BCUT2D eigenvalue weighted by atomic mass is 16.5. The lowest BCUT2D eigenvalue weighted by Crippen LogP contribution is -2.47. The SMILES string of the molecule is C[C@@H]1COCCN1C(=O)c1cc(N)cn1C. The number of carbonyl (C=O) groups is 1. The lowest BCUT2D eigenvalue weighted by atomic mass is 10.2. The van der Waals surface area contributed by atoms with Gasteiger partial charge in [0.15, 0.2) is 0 Å². The molecule has 2 rings (SSSR count). The summed E-state index contributed by atoms with van der Waals surface area (Å²) in [4.78, 5) is 14.1. The van der Waals surface area contributed by atoms with Crippen molar-refractivity contribution in [2.75, 3.05) is 25.5 Å². The minimum absolute atomic E-state index is 0.0231. The third kappa shape index (κ3) is 1.90. The summed E-state index contributed by atoms with van der Waals surface area (Å²) in [6, 6.07) is 1.84. The number of anilines is 1. The van der Waals surface area contributed by atoms with Crippen LogP contribution >= 0.6 is 0 Å². The first-order chi connectivity index (χ1) is 7.59. The van der Waals surface area contributed by atoms with Crippen molar-refractivity contribution in [2.24, 2.45) is 7.05 Å². The maximum Gasteiger partial charge on any atom is 0.270 e. The molecule has 1 aromatic rings. The number of hydrogen-bond acceptors (Lipinski definition) is 3. The average molecular weight is 223 g/mol. The quantitative estimate of drug-likeness (QED) is 0.752. The maximum atomic E-state index is 12.2. The summed E-state index contributed by atoms with van der Waals surface area (Å²) >= 11 is 0. The molecule has 1 aliphatic heterocycles. The Hall–Kier alpha value is -1.49. The maximum absolute atomic E-state index is 12.2. The fourth-order valence-corrected chi connectivity index (χ4v) is 1.98. The number of ether oxygens (including phenoxy) is 1. The molecular weight excluding hydrogens is 206 g/mol. The molecule has 0 unspecified atom stereocenters. The zero-order valence-corrected chi connectivity index (χ0v) is 9.64. The Morgan fingerprint density at radius 3 is 2.94 bits per heavy atom. The number of carbonyl (C=O) groups excluding carboxylic acids is 1. The number of nitrogen functional groups attached to an aromatic ring is 1. The van der Waals surface area contributed by atoms with E-state index in [0.717, 1.165) is 0 Å². The van der Waals surface area contributed by atoms with Crippen LogP contribution in [0.15, 0.2) is 12.3 Å². The highest BCUT2D eigenvalue weighted by molar-refractivity contribution is 5.94. The zero-order chi connectivity index (χ0) is 11.7. The van der Waals surface area contributed by atoms with Crippen molar-refractivity contribution in [2.45, 2.75) is 13.0 Å². The van der Waals surface area contributed by atoms with Crippen LogP contribution < -0.4 is 5.73 Å². The topological polar surface area (TPSA) is 60.5 Å². The first kappa shape index (κ1) is 11.0. The van der Waals surface area contributed by atoms with E-state index in [1.807, 2.05) is 18.9 Å². The Labute approximate surface area is 94.8 Å². The van der Waals surface area contributed by atoms with E-state index in [1.54, 1.807) is 16.8 Å². The van der Waals surface area contributed by atoms with Crippen LogP contribution in [0.25, 0.3) is 0 Å². The van der Waals surface area contributed by atoms with E-state index < -0.39 is 0 Å². The largest absolute Gasteiger partial charge is 0.397 e. The van der Waals surface area contributed by atoms with Gasteiger partial charge in [-0.1, -0.05) is 0 Å². The predicted octanol–water partition coefficient (Wildman–Crippen LogP) is 0.468. The van der Waals surface area contributed by atoms with Crippen molar-refractivity contribution in [3.05, 3.63) is 18.0 Å². The summed E-state index contributed by atoms with van der Waals surface area (Å²) in [5.41, 5.74) is 6.91. The molecule has 2 heterocycles. The normalized spacial score (nSPS) is 21.1. The summed E-state index contributed by atoms with van der Waals surface area (Å²) in [6.45, 7) is 3.84. The van der Waals surface area contributed by atoms with Crippen molar-refractivity contribution in [1.29, 1.82) is 0 Å². The summed E-state index contributed by atoms with van der Waals surface area (Å²) in [5.74, 6) is 0.0231. The Bertz CT molecular complexity index is 400. The minimum Gasteiger partial charge on any atom is -0.397 e. The Morgan fingerprint density at radius 2 is 2.38 bits per heavy atom. The van der Waals surface area contributed by atoms with E-state index in [4.69, 9.17) is 10.5 Å². The first-order valence-corrected chi connectivity index (χ1v) is 5.40. The minimum atomic E-state index is 0.0231. The molecule has 1 fully saturated rings. The van der Waals surface area contributed by atoms with Gasteiger partial charge in [0.05, 0.1) is 24.9 Å². The van der Waals surface area contributed by atoms with Gasteiger partial charge in [-0.2, -0.15) is 0 Å². The third-order valence-electron chi connectivity index (χ3n) is 2.87. The lowest BCUT2D eigenvalue weighted by Gasteiger charge is -2.33. The van der Waals surface area contributed by atoms with Gasteiger partial charge in [0, 0.05) is 19.8 Å². The fraction of sp³-hybridized carbons (Fsp3) is 0.545. The monoisotopic (exact) mass is 223 g/mol. The Morgan fingerprint density at radius 1 is 1.62 bits per heavy atom. The van der Waals surface area contributed by atoms with Gasteiger partial charge in [-0.05, 0) is 13.0 Å². The van der Waals surface area contributed by atoms with Gasteiger partial charge < -0.3 is 19.9 Å². The number of amides is 1. The van der Waals surface area contributed by atoms with E-state index in [1.165, 1.54) is 0 Å². The zero-order valence-electron chi connectivity index (χ0n) is 9.64. The van der Waals surface area contributed by atoms with Crippen molar-refractivity contribution in [3.63, 3.8) is 0 Å². The van der Waals surface area contributed by atoms with Gasteiger partial charge in [0.1, 0.15) is 5.69 Å². The molecule has 0 bridgehead atoms. The van der Waals surface area contributed by atoms with Gasteiger partial charge in [-0.15, -0.1) is 0 Å². The number of nitrogens with two attached hydrogens (primary N) is 1. The van der Waals surface area contributed by atoms with Crippen LogP contribution in [0.5, 0.6) is 0 Å². The molecule has 1 atom stereocenters. The molecule has 88 valence electrons. The van der Waals surface area contributed by atoms with Crippen molar-refractivity contribution >= 4 is 11.6 Å². The molecule has 1 amide bonds. The van der Waals surface area contributed by atoms with E-state index in [9.17, 15) is 4.79 Å². The third-order valence-corrected chi connectivity index (χ3v) is 2.87. The van der Waals surface area contributed by atoms with E-state index in [0.29, 0.717) is 31.1 Å². The molecular formula is C11H17N3O2. The number of aryl methyl sites for hydroxylation is 1. The molecule has 0 radical (unpaired) electrons. The molecule has 5 nitrogen and oxygen atoms in total. The molecule has 1 aromatic heterocycles. The van der Waals surface area contributed by atoms with E-state index in [2.05, 4.69) is 0 Å². The van der Waals surface area contributed by atoms with Gasteiger partial charge in [-0.3, -0.25) is 4.79 Å². The van der Waals surface area contributed by atoms with Crippen LogP contribution in [-0.2, 0) is 11.8 Å². The highest BCUT2D eigenvalue weighted by Crippen LogP contribution is 2.15. The van der Waals surface area contributed by atoms with Crippen molar-refractivity contribution < 1.29 is 9.53 Å². The average Bonchev–Trinajstić information content (AvgIpc) is 2.58. The number of morpholine rings is 1. The van der Waals surface area contributed by atoms with Gasteiger partial charge >= 0.3 is 0 Å². The van der Waals surface area contributed by atoms with Crippen LogP contribution in [0.2, 0.25) is 0 Å². The van der Waals surface area contributed by atoms with E-state index in [-0.39, 0.29) is 11.9 Å². The summed E-state index contributed by atoms with van der Waals surface area (Å²) in [5, 5.41) is 0. The summed E-state index contributed by atoms with van der Waals surface area (Å²) in [7, 11) is 1.83. The first-order valence-electron chi connectivity index (χ1n) is 5.40. The molecule has 5 heteroatoms. The van der Waals surface area contributed by atoms with Crippen LogP contribution in [0.3, 0.4) is 0 Å². The molecule has 1 saturated heterocycles. The number of aromatic nitrogens is 1.